The fourth-order valence-electron chi connectivity index (χ4n) is 4.44. The van der Waals surface area contributed by atoms with Gasteiger partial charge in [-0.3, -0.25) is 5.32 Å². The van der Waals surface area contributed by atoms with E-state index >= 15 is 0 Å². The first kappa shape index (κ1) is 19.6. The van der Waals surface area contributed by atoms with Gasteiger partial charge in [-0.25, -0.2) is 4.79 Å². The Balaban J connectivity index is 1.49. The van der Waals surface area contributed by atoms with E-state index in [4.69, 9.17) is 4.74 Å². The maximum absolute atomic E-state index is 13.4. The second-order valence-corrected chi connectivity index (χ2v) is 9.65. The number of rotatable bonds is 6. The fourth-order valence-corrected chi connectivity index (χ4v) is 5.27. The van der Waals surface area contributed by atoms with Crippen LogP contribution in [0.25, 0.3) is 0 Å². The third-order valence-electron chi connectivity index (χ3n) is 6.24. The van der Waals surface area contributed by atoms with E-state index in [2.05, 4.69) is 54.5 Å². The van der Waals surface area contributed by atoms with Crippen LogP contribution in [0.1, 0.15) is 40.1 Å². The number of nitrogens with zero attached hydrogens (tertiary/aromatic N) is 1. The van der Waals surface area contributed by atoms with Crippen LogP contribution in [0.3, 0.4) is 0 Å². The first-order valence-electron chi connectivity index (χ1n) is 10.3. The predicted octanol–water partition coefficient (Wildman–Crippen LogP) is 3.87. The molecular weight excluding hydrogens is 368 g/mol. The summed E-state index contributed by atoms with van der Waals surface area (Å²) in [6.07, 6.45) is 3.89. The summed E-state index contributed by atoms with van der Waals surface area (Å²) < 4.78 is 5.94. The van der Waals surface area contributed by atoms with Gasteiger partial charge >= 0.3 is 5.97 Å². The van der Waals surface area contributed by atoms with Crippen LogP contribution < -0.4 is 5.32 Å². The molecule has 2 aromatic rings. The van der Waals surface area contributed by atoms with Gasteiger partial charge < -0.3 is 9.64 Å². The van der Waals surface area contributed by atoms with Crippen molar-refractivity contribution in [3.63, 3.8) is 0 Å². The molecule has 2 heterocycles. The zero-order chi connectivity index (χ0) is 19.6. The van der Waals surface area contributed by atoms with Crippen molar-refractivity contribution in [3.8, 4) is 0 Å². The normalized spacial score (nSPS) is 22.9. The third-order valence-corrected chi connectivity index (χ3v) is 7.24. The van der Waals surface area contributed by atoms with Gasteiger partial charge in [-0.05, 0) is 81.9 Å². The highest BCUT2D eigenvalue weighted by Crippen LogP contribution is 2.38. The molecule has 5 heteroatoms. The van der Waals surface area contributed by atoms with Crippen molar-refractivity contribution in [2.75, 3.05) is 26.7 Å². The number of carbonyl (C=O) groups is 1. The summed E-state index contributed by atoms with van der Waals surface area (Å²) in [4.78, 5) is 18.3. The molecule has 1 aromatic heterocycles. The van der Waals surface area contributed by atoms with Crippen molar-refractivity contribution in [2.24, 2.45) is 5.92 Å². The zero-order valence-corrected chi connectivity index (χ0v) is 17.7. The van der Waals surface area contributed by atoms with Gasteiger partial charge in [0.1, 0.15) is 5.54 Å². The number of benzene rings is 1. The highest BCUT2D eigenvalue weighted by atomic mass is 32.1. The van der Waals surface area contributed by atoms with E-state index in [0.717, 1.165) is 44.3 Å². The molecule has 0 saturated carbocycles. The molecule has 2 aliphatic rings. The van der Waals surface area contributed by atoms with Crippen LogP contribution in [0.4, 0.5) is 0 Å². The van der Waals surface area contributed by atoms with E-state index in [9.17, 15) is 4.79 Å². The SMILES string of the molecule is Cc1ccc(CNC2(C(=O)OCC3CCN(C)CC3)CCc3ccccc32)s1. The standard InChI is InChI=1S/C23H30N2O2S/c1-17-7-8-20(28-17)15-24-23(12-9-19-5-3-4-6-21(19)23)22(26)27-16-18-10-13-25(2)14-11-18/h3-8,18,24H,9-16H2,1-2H3. The van der Waals surface area contributed by atoms with Gasteiger partial charge in [-0.2, -0.15) is 0 Å². The molecule has 0 bridgehead atoms. The summed E-state index contributed by atoms with van der Waals surface area (Å²) in [7, 11) is 2.16. The molecule has 4 rings (SSSR count). The number of ether oxygens (including phenoxy) is 1. The van der Waals surface area contributed by atoms with Crippen molar-refractivity contribution in [2.45, 2.75) is 44.7 Å². The second-order valence-electron chi connectivity index (χ2n) is 8.27. The van der Waals surface area contributed by atoms with E-state index in [-0.39, 0.29) is 5.97 Å². The molecule has 1 aromatic carbocycles. The highest BCUT2D eigenvalue weighted by Gasteiger charge is 2.46. The molecule has 1 saturated heterocycles. The van der Waals surface area contributed by atoms with Crippen molar-refractivity contribution in [3.05, 3.63) is 57.3 Å². The average molecular weight is 399 g/mol. The lowest BCUT2D eigenvalue weighted by Crippen LogP contribution is -2.48. The number of fused-ring (bicyclic) bond motifs is 1. The molecular formula is C23H30N2O2S. The summed E-state index contributed by atoms with van der Waals surface area (Å²) in [5, 5.41) is 3.60. The van der Waals surface area contributed by atoms with Gasteiger partial charge in [0.05, 0.1) is 6.61 Å². The van der Waals surface area contributed by atoms with Gasteiger partial charge in [0.2, 0.25) is 0 Å². The van der Waals surface area contributed by atoms with Crippen LogP contribution in [0.5, 0.6) is 0 Å². The van der Waals surface area contributed by atoms with E-state index in [1.807, 2.05) is 6.07 Å². The van der Waals surface area contributed by atoms with Gasteiger partial charge in [-0.1, -0.05) is 24.3 Å². The number of hydrogen-bond acceptors (Lipinski definition) is 5. The molecule has 1 N–H and O–H groups in total. The molecule has 1 aliphatic heterocycles. The monoisotopic (exact) mass is 398 g/mol. The van der Waals surface area contributed by atoms with E-state index in [0.29, 0.717) is 19.1 Å². The minimum Gasteiger partial charge on any atom is -0.464 e. The Morgan fingerprint density at radius 1 is 1.25 bits per heavy atom. The maximum Gasteiger partial charge on any atom is 0.331 e. The molecule has 28 heavy (non-hydrogen) atoms. The highest BCUT2D eigenvalue weighted by molar-refractivity contribution is 7.11. The Bertz CT molecular complexity index is 826. The Labute approximate surface area is 171 Å². The molecule has 150 valence electrons. The molecule has 1 fully saturated rings. The fraction of sp³-hybridized carbons (Fsp3) is 0.522. The summed E-state index contributed by atoms with van der Waals surface area (Å²) in [6.45, 7) is 5.52. The van der Waals surface area contributed by atoms with Crippen LogP contribution in [0, 0.1) is 12.8 Å². The first-order valence-corrected chi connectivity index (χ1v) is 11.1. The minimum absolute atomic E-state index is 0.107. The Morgan fingerprint density at radius 2 is 2.04 bits per heavy atom. The van der Waals surface area contributed by atoms with Gasteiger partial charge in [0.15, 0.2) is 0 Å². The maximum atomic E-state index is 13.4. The Morgan fingerprint density at radius 3 is 2.79 bits per heavy atom. The number of hydrogen-bond donors (Lipinski definition) is 1. The second kappa shape index (κ2) is 8.36. The van der Waals surface area contributed by atoms with Gasteiger partial charge in [0.25, 0.3) is 0 Å². The third kappa shape index (κ3) is 4.02. The van der Waals surface area contributed by atoms with Crippen molar-refractivity contribution < 1.29 is 9.53 Å². The number of likely N-dealkylation sites (tertiary alicyclic amines) is 1. The molecule has 0 radical (unpaired) electrons. The molecule has 0 spiro atoms. The Kier molecular flexibility index (Phi) is 5.85. The summed E-state index contributed by atoms with van der Waals surface area (Å²) in [6, 6.07) is 12.6. The van der Waals surface area contributed by atoms with Gasteiger partial charge in [0, 0.05) is 16.3 Å². The number of carbonyl (C=O) groups excluding carboxylic acids is 1. The molecule has 1 aliphatic carbocycles. The molecule has 0 amide bonds. The smallest absolute Gasteiger partial charge is 0.331 e. The number of esters is 1. The van der Waals surface area contributed by atoms with E-state index < -0.39 is 5.54 Å². The zero-order valence-electron chi connectivity index (χ0n) is 16.9. The molecule has 4 nitrogen and oxygen atoms in total. The Hall–Kier alpha value is -1.69. The number of aryl methyl sites for hydroxylation is 2. The van der Waals surface area contributed by atoms with E-state index in [1.165, 1.54) is 15.3 Å². The first-order chi connectivity index (χ1) is 13.6. The lowest BCUT2D eigenvalue weighted by Gasteiger charge is -2.32. The lowest BCUT2D eigenvalue weighted by molar-refractivity contribution is -0.154. The average Bonchev–Trinajstić information content (AvgIpc) is 3.30. The summed E-state index contributed by atoms with van der Waals surface area (Å²) >= 11 is 1.78. The minimum atomic E-state index is -0.722. The largest absolute Gasteiger partial charge is 0.464 e. The predicted molar refractivity (Wildman–Crippen MR) is 114 cm³/mol. The lowest BCUT2D eigenvalue weighted by atomic mass is 9.91. The number of piperidine rings is 1. The van der Waals surface area contributed by atoms with Crippen molar-refractivity contribution in [1.82, 2.24) is 10.2 Å². The topological polar surface area (TPSA) is 41.6 Å². The summed E-state index contributed by atoms with van der Waals surface area (Å²) in [5.74, 6) is 0.374. The van der Waals surface area contributed by atoms with Crippen LogP contribution in [-0.4, -0.2) is 37.6 Å². The van der Waals surface area contributed by atoms with Crippen LogP contribution in [-0.2, 0) is 28.0 Å². The number of thiophene rings is 1. The summed E-state index contributed by atoms with van der Waals surface area (Å²) in [5.41, 5.74) is 1.63. The van der Waals surface area contributed by atoms with E-state index in [1.54, 1.807) is 11.3 Å². The molecule has 1 atom stereocenters. The van der Waals surface area contributed by atoms with Crippen molar-refractivity contribution >= 4 is 17.3 Å². The number of nitrogens with one attached hydrogen (secondary N) is 1. The van der Waals surface area contributed by atoms with Crippen molar-refractivity contribution in [1.29, 1.82) is 0 Å². The van der Waals surface area contributed by atoms with Crippen LogP contribution in [0.2, 0.25) is 0 Å². The van der Waals surface area contributed by atoms with Crippen LogP contribution >= 0.6 is 11.3 Å². The molecule has 1 unspecified atom stereocenters. The van der Waals surface area contributed by atoms with Crippen LogP contribution in [0.15, 0.2) is 36.4 Å². The van der Waals surface area contributed by atoms with Gasteiger partial charge in [-0.15, -0.1) is 11.3 Å². The quantitative estimate of drug-likeness (QED) is 0.750.